The van der Waals surface area contributed by atoms with E-state index in [0.29, 0.717) is 0 Å². The number of hydrogen-bond acceptors (Lipinski definition) is 4. The van der Waals surface area contributed by atoms with Gasteiger partial charge in [0, 0.05) is 18.8 Å². The van der Waals surface area contributed by atoms with Crippen LogP contribution >= 0.6 is 0 Å². The number of nitrogens with one attached hydrogen (secondary N) is 3. The molecule has 1 saturated carbocycles. The number of rotatable bonds is 9. The van der Waals surface area contributed by atoms with Crippen LogP contribution in [0, 0.1) is 0 Å². The zero-order valence-corrected chi connectivity index (χ0v) is 21.2. The Balaban J connectivity index is 1.06. The number of amides is 3. The van der Waals surface area contributed by atoms with E-state index in [0.717, 1.165) is 27.8 Å². The highest BCUT2D eigenvalue weighted by Gasteiger charge is 2.57. The maximum absolute atomic E-state index is 13.7. The summed E-state index contributed by atoms with van der Waals surface area (Å²) in [7, 11) is 0. The van der Waals surface area contributed by atoms with Gasteiger partial charge < -0.3 is 20.7 Å². The largest absolute Gasteiger partial charge is 0.449 e. The molecular formula is C30H29F2N3O4. The fraction of sp³-hybridized carbons (Fsp3) is 0.300. The van der Waals surface area contributed by atoms with Crippen molar-refractivity contribution in [1.29, 1.82) is 0 Å². The van der Waals surface area contributed by atoms with Gasteiger partial charge in [0.1, 0.15) is 13.2 Å². The molecule has 0 unspecified atom stereocenters. The molecule has 0 radical (unpaired) electrons. The van der Waals surface area contributed by atoms with Crippen molar-refractivity contribution in [2.24, 2.45) is 0 Å². The first kappa shape index (κ1) is 26.3. The standard InChI is InChI=1S/C30H29F2N3O4/c31-30(32)18-29(19-30,14-20-8-2-1-3-9-20)35-27(37)16-33-26(36)15-34-28(38)39-17-25-23-12-6-4-10-21(23)22-11-5-7-13-24(22)25/h1-13,25H,14-19H2,(H,33,36)(H,34,38)(H,35,37). The number of alkyl halides is 2. The third kappa shape index (κ3) is 6.08. The third-order valence-corrected chi connectivity index (χ3v) is 7.17. The maximum Gasteiger partial charge on any atom is 0.407 e. The Morgan fingerprint density at radius 3 is 1.95 bits per heavy atom. The van der Waals surface area contributed by atoms with Crippen molar-refractivity contribution in [3.05, 3.63) is 95.6 Å². The van der Waals surface area contributed by atoms with Crippen molar-refractivity contribution in [1.82, 2.24) is 16.0 Å². The second-order valence-corrected chi connectivity index (χ2v) is 10.2. The van der Waals surface area contributed by atoms with E-state index >= 15 is 0 Å². The molecule has 0 heterocycles. The van der Waals surface area contributed by atoms with Crippen molar-refractivity contribution in [3.63, 3.8) is 0 Å². The molecule has 0 saturated heterocycles. The van der Waals surface area contributed by atoms with Gasteiger partial charge >= 0.3 is 6.09 Å². The molecule has 0 atom stereocenters. The van der Waals surface area contributed by atoms with E-state index in [9.17, 15) is 23.2 Å². The Morgan fingerprint density at radius 2 is 1.33 bits per heavy atom. The highest BCUT2D eigenvalue weighted by atomic mass is 19.3. The molecule has 0 aromatic heterocycles. The molecule has 1 fully saturated rings. The number of alkyl carbamates (subject to hydrolysis) is 1. The summed E-state index contributed by atoms with van der Waals surface area (Å²) in [5.41, 5.74) is 4.14. The minimum atomic E-state index is -2.84. The second-order valence-electron chi connectivity index (χ2n) is 10.2. The third-order valence-electron chi connectivity index (χ3n) is 7.17. The number of carbonyl (C=O) groups excluding carboxylic acids is 3. The van der Waals surface area contributed by atoms with E-state index in [-0.39, 0.29) is 18.9 Å². The molecule has 3 amide bonds. The highest BCUT2D eigenvalue weighted by molar-refractivity contribution is 5.87. The topological polar surface area (TPSA) is 96.5 Å². The monoisotopic (exact) mass is 533 g/mol. The van der Waals surface area contributed by atoms with Crippen LogP contribution in [-0.2, 0) is 20.7 Å². The van der Waals surface area contributed by atoms with E-state index in [1.165, 1.54) is 0 Å². The lowest BCUT2D eigenvalue weighted by atomic mass is 9.69. The van der Waals surface area contributed by atoms with E-state index in [1.807, 2.05) is 78.9 Å². The van der Waals surface area contributed by atoms with Crippen LogP contribution in [0.1, 0.15) is 35.4 Å². The smallest absolute Gasteiger partial charge is 0.407 e. The van der Waals surface area contributed by atoms with Crippen LogP contribution in [0.2, 0.25) is 0 Å². The van der Waals surface area contributed by atoms with Crippen LogP contribution in [0.3, 0.4) is 0 Å². The van der Waals surface area contributed by atoms with Crippen molar-refractivity contribution in [3.8, 4) is 11.1 Å². The maximum atomic E-state index is 13.7. The molecule has 39 heavy (non-hydrogen) atoms. The fourth-order valence-corrected chi connectivity index (χ4v) is 5.57. The Bertz CT molecular complexity index is 1330. The van der Waals surface area contributed by atoms with Gasteiger partial charge in [-0.25, -0.2) is 13.6 Å². The Labute approximate surface area is 224 Å². The molecular weight excluding hydrogens is 504 g/mol. The summed E-state index contributed by atoms with van der Waals surface area (Å²) in [5.74, 6) is -4.12. The first-order valence-corrected chi connectivity index (χ1v) is 12.8. The SMILES string of the molecule is O=C(CNC(=O)OCC1c2ccccc2-c2ccccc21)NCC(=O)NC1(Cc2ccccc2)CC(F)(F)C1. The number of fused-ring (bicyclic) bond motifs is 3. The van der Waals surface area contributed by atoms with Crippen LogP contribution in [0.25, 0.3) is 11.1 Å². The lowest BCUT2D eigenvalue weighted by Gasteiger charge is -2.48. The summed E-state index contributed by atoms with van der Waals surface area (Å²) in [4.78, 5) is 36.9. The Hall–Kier alpha value is -4.27. The molecule has 9 heteroatoms. The molecule has 3 N–H and O–H groups in total. The van der Waals surface area contributed by atoms with Gasteiger partial charge in [0.2, 0.25) is 11.8 Å². The van der Waals surface area contributed by atoms with E-state index in [4.69, 9.17) is 4.74 Å². The van der Waals surface area contributed by atoms with Gasteiger partial charge in [-0.15, -0.1) is 0 Å². The molecule has 0 aliphatic heterocycles. The lowest BCUT2D eigenvalue weighted by Crippen LogP contribution is -2.64. The summed E-state index contributed by atoms with van der Waals surface area (Å²) in [6.45, 7) is -0.678. The van der Waals surface area contributed by atoms with E-state index in [1.54, 1.807) is 0 Å². The normalized spacial score (nSPS) is 16.3. The summed E-state index contributed by atoms with van der Waals surface area (Å²) < 4.78 is 32.8. The van der Waals surface area contributed by atoms with Gasteiger partial charge in [0.15, 0.2) is 0 Å². The number of carbonyl (C=O) groups is 3. The molecule has 2 aliphatic carbocycles. The number of hydrogen-bond donors (Lipinski definition) is 3. The first-order chi connectivity index (χ1) is 18.7. The van der Waals surface area contributed by atoms with Crippen LogP contribution in [0.5, 0.6) is 0 Å². The zero-order valence-electron chi connectivity index (χ0n) is 21.2. The molecule has 3 aromatic carbocycles. The average Bonchev–Trinajstić information content (AvgIpc) is 3.22. The predicted molar refractivity (Wildman–Crippen MR) is 141 cm³/mol. The molecule has 5 rings (SSSR count). The van der Waals surface area contributed by atoms with E-state index < -0.39 is 55.3 Å². The predicted octanol–water partition coefficient (Wildman–Crippen LogP) is 4.17. The van der Waals surface area contributed by atoms with Gasteiger partial charge in [0.05, 0.1) is 12.1 Å². The summed E-state index contributed by atoms with van der Waals surface area (Å²) >= 11 is 0. The van der Waals surface area contributed by atoms with Gasteiger partial charge in [0.25, 0.3) is 5.92 Å². The Morgan fingerprint density at radius 1 is 0.769 bits per heavy atom. The second kappa shape index (κ2) is 10.8. The van der Waals surface area contributed by atoms with Crippen molar-refractivity contribution < 1.29 is 27.9 Å². The average molecular weight is 534 g/mol. The van der Waals surface area contributed by atoms with Crippen LogP contribution in [0.15, 0.2) is 78.9 Å². The van der Waals surface area contributed by atoms with Gasteiger partial charge in [-0.3, -0.25) is 9.59 Å². The molecule has 3 aromatic rings. The molecule has 202 valence electrons. The van der Waals surface area contributed by atoms with Gasteiger partial charge in [-0.2, -0.15) is 0 Å². The van der Waals surface area contributed by atoms with Crippen molar-refractivity contribution in [2.75, 3.05) is 19.7 Å². The van der Waals surface area contributed by atoms with Gasteiger partial charge in [-0.1, -0.05) is 78.9 Å². The minimum Gasteiger partial charge on any atom is -0.449 e. The van der Waals surface area contributed by atoms with Crippen LogP contribution < -0.4 is 16.0 Å². The van der Waals surface area contributed by atoms with Crippen LogP contribution in [0.4, 0.5) is 13.6 Å². The number of benzene rings is 3. The minimum absolute atomic E-state index is 0.109. The summed E-state index contributed by atoms with van der Waals surface area (Å²) in [5, 5.41) is 7.47. The molecule has 0 bridgehead atoms. The highest BCUT2D eigenvalue weighted by Crippen LogP contribution is 2.47. The molecule has 0 spiro atoms. The summed E-state index contributed by atoms with van der Waals surface area (Å²) in [6, 6.07) is 25.0. The zero-order chi connectivity index (χ0) is 27.5. The summed E-state index contributed by atoms with van der Waals surface area (Å²) in [6.07, 6.45) is -1.41. The first-order valence-electron chi connectivity index (χ1n) is 12.8. The number of ether oxygens (including phenoxy) is 1. The molecule has 2 aliphatic rings. The van der Waals surface area contributed by atoms with Crippen molar-refractivity contribution in [2.45, 2.75) is 36.6 Å². The lowest BCUT2D eigenvalue weighted by molar-refractivity contribution is -0.147. The number of halogens is 2. The van der Waals surface area contributed by atoms with Crippen LogP contribution in [-0.4, -0.2) is 49.1 Å². The van der Waals surface area contributed by atoms with Crippen molar-refractivity contribution >= 4 is 17.9 Å². The van der Waals surface area contributed by atoms with E-state index in [2.05, 4.69) is 16.0 Å². The quantitative estimate of drug-likeness (QED) is 0.385. The van der Waals surface area contributed by atoms with Gasteiger partial charge in [-0.05, 0) is 34.2 Å². The Kier molecular flexibility index (Phi) is 7.32. The molecule has 7 nitrogen and oxygen atoms in total. The fourth-order valence-electron chi connectivity index (χ4n) is 5.57.